The summed E-state index contributed by atoms with van der Waals surface area (Å²) >= 11 is 4.26. The molecule has 0 saturated heterocycles. The average molecular weight is 792 g/mol. The summed E-state index contributed by atoms with van der Waals surface area (Å²) in [6, 6.07) is 26.2. The first kappa shape index (κ1) is 30.5. The molecule has 0 aliphatic heterocycles. The van der Waals surface area contributed by atoms with E-state index in [2.05, 4.69) is 45.2 Å². The van der Waals surface area contributed by atoms with Gasteiger partial charge in [0.2, 0.25) is 0 Å². The number of rotatable bonds is 10. The molecular formula is C30H22I2N2O6S. The number of nitro benzene ring substituents is 2. The van der Waals surface area contributed by atoms with Crippen molar-refractivity contribution in [1.82, 2.24) is 0 Å². The molecule has 0 saturated carbocycles. The fourth-order valence-electron chi connectivity index (χ4n) is 4.26. The lowest BCUT2D eigenvalue weighted by Gasteiger charge is -2.22. The molecular weight excluding hydrogens is 770 g/mol. The fourth-order valence-corrected chi connectivity index (χ4v) is 6.96. The summed E-state index contributed by atoms with van der Waals surface area (Å²) in [5, 5.41) is 20.8. The van der Waals surface area contributed by atoms with Crippen LogP contribution in [0.4, 0.5) is 11.4 Å². The molecule has 4 aromatic rings. The smallest absolute Gasteiger partial charge is 0.258 e. The molecule has 0 aliphatic rings. The maximum atomic E-state index is 14.5. The highest BCUT2D eigenvalue weighted by atomic mass is 127. The number of hydrogen-bond donors (Lipinski definition) is 0. The Hall–Kier alpha value is -3.43. The molecule has 2 unspecified atom stereocenters. The van der Waals surface area contributed by atoms with Crippen molar-refractivity contribution in [3.05, 3.63) is 159 Å². The molecule has 0 N–H and O–H groups in total. The lowest BCUT2D eigenvalue weighted by Crippen LogP contribution is -2.19. The molecule has 4 aromatic carbocycles. The quantitative estimate of drug-likeness (QED) is 0.0905. The third-order valence-corrected chi connectivity index (χ3v) is 9.99. The maximum Gasteiger partial charge on any atom is 0.276 e. The SMILES string of the molecule is O=[N+]([O-])c1ccccc1/C=C/C(c1ccc(I)cc1)S(=O)(=O)C(/C=C/c1ccccc1[N+](=O)[O-])c1ccc(I)cc1. The number of sulfone groups is 1. The van der Waals surface area contributed by atoms with Gasteiger partial charge >= 0.3 is 0 Å². The highest BCUT2D eigenvalue weighted by molar-refractivity contribution is 14.1. The fraction of sp³-hybridized carbons (Fsp3) is 0.0667. The first-order valence-corrected chi connectivity index (χ1v) is 15.9. The van der Waals surface area contributed by atoms with Gasteiger partial charge in [-0.25, -0.2) is 8.42 Å². The molecule has 0 aliphatic carbocycles. The van der Waals surface area contributed by atoms with Gasteiger partial charge in [0.25, 0.3) is 11.4 Å². The summed E-state index contributed by atoms with van der Waals surface area (Å²) in [6.07, 6.45) is 5.82. The van der Waals surface area contributed by atoms with Crippen LogP contribution >= 0.6 is 45.2 Å². The highest BCUT2D eigenvalue weighted by Crippen LogP contribution is 2.38. The van der Waals surface area contributed by atoms with Crippen LogP contribution in [-0.2, 0) is 9.84 Å². The van der Waals surface area contributed by atoms with Gasteiger partial charge in [-0.3, -0.25) is 20.2 Å². The summed E-state index contributed by atoms with van der Waals surface area (Å²) in [5.41, 5.74) is 1.21. The number of para-hydroxylation sites is 2. The molecule has 0 radical (unpaired) electrons. The Bertz CT molecular complexity index is 1610. The van der Waals surface area contributed by atoms with E-state index >= 15 is 0 Å². The summed E-state index contributed by atoms with van der Waals surface area (Å²) in [6.45, 7) is 0. The summed E-state index contributed by atoms with van der Waals surface area (Å²) in [5.74, 6) is 0. The van der Waals surface area contributed by atoms with Crippen molar-refractivity contribution < 1.29 is 18.3 Å². The van der Waals surface area contributed by atoms with E-state index in [-0.39, 0.29) is 22.5 Å². The van der Waals surface area contributed by atoms with Crippen molar-refractivity contribution in [1.29, 1.82) is 0 Å². The van der Waals surface area contributed by atoms with Crippen molar-refractivity contribution in [3.8, 4) is 0 Å². The lowest BCUT2D eigenvalue weighted by atomic mass is 10.1. The molecule has 4 rings (SSSR count). The van der Waals surface area contributed by atoms with E-state index < -0.39 is 30.2 Å². The Balaban J connectivity index is 1.88. The van der Waals surface area contributed by atoms with Crippen LogP contribution in [0.1, 0.15) is 32.8 Å². The van der Waals surface area contributed by atoms with E-state index in [0.717, 1.165) is 7.14 Å². The molecule has 0 bridgehead atoms. The molecule has 0 heterocycles. The number of hydrogen-bond acceptors (Lipinski definition) is 6. The predicted molar refractivity (Wildman–Crippen MR) is 177 cm³/mol. The number of halogens is 2. The Morgan fingerprint density at radius 2 is 0.927 bits per heavy atom. The Kier molecular flexibility index (Phi) is 10.0. The van der Waals surface area contributed by atoms with Crippen LogP contribution in [0.3, 0.4) is 0 Å². The number of benzene rings is 4. The van der Waals surface area contributed by atoms with Gasteiger partial charge in [0, 0.05) is 19.3 Å². The van der Waals surface area contributed by atoms with Crippen molar-refractivity contribution in [2.75, 3.05) is 0 Å². The maximum absolute atomic E-state index is 14.5. The van der Waals surface area contributed by atoms with Crippen molar-refractivity contribution in [3.63, 3.8) is 0 Å². The van der Waals surface area contributed by atoms with Crippen LogP contribution < -0.4 is 0 Å². The molecule has 208 valence electrons. The molecule has 0 amide bonds. The van der Waals surface area contributed by atoms with E-state index in [9.17, 15) is 28.6 Å². The third kappa shape index (κ3) is 7.45. The molecule has 0 aromatic heterocycles. The first-order valence-electron chi connectivity index (χ1n) is 12.1. The Morgan fingerprint density at radius 3 is 1.27 bits per heavy atom. The molecule has 11 heteroatoms. The largest absolute Gasteiger partial charge is 0.276 e. The summed E-state index contributed by atoms with van der Waals surface area (Å²) < 4.78 is 30.8. The van der Waals surface area contributed by atoms with Gasteiger partial charge < -0.3 is 0 Å². The van der Waals surface area contributed by atoms with Crippen LogP contribution in [-0.4, -0.2) is 18.3 Å². The highest BCUT2D eigenvalue weighted by Gasteiger charge is 2.34. The minimum absolute atomic E-state index is 0.145. The van der Waals surface area contributed by atoms with Crippen LogP contribution in [0.5, 0.6) is 0 Å². The summed E-state index contributed by atoms with van der Waals surface area (Å²) in [4.78, 5) is 22.1. The monoisotopic (exact) mass is 792 g/mol. The van der Waals surface area contributed by atoms with Gasteiger partial charge in [0.1, 0.15) is 10.5 Å². The van der Waals surface area contributed by atoms with E-state index in [0.29, 0.717) is 11.1 Å². The zero-order valence-corrected chi connectivity index (χ0v) is 26.3. The van der Waals surface area contributed by atoms with E-state index in [1.807, 2.05) is 0 Å². The topological polar surface area (TPSA) is 120 Å². The normalized spacial score (nSPS) is 13.3. The van der Waals surface area contributed by atoms with Crippen molar-refractivity contribution in [2.24, 2.45) is 0 Å². The second kappa shape index (κ2) is 13.5. The van der Waals surface area contributed by atoms with E-state index in [1.54, 1.807) is 84.9 Å². The molecule has 8 nitrogen and oxygen atoms in total. The summed E-state index contributed by atoms with van der Waals surface area (Å²) in [7, 11) is -4.12. The Labute approximate surface area is 264 Å². The van der Waals surface area contributed by atoms with Crippen LogP contribution in [0.15, 0.2) is 109 Å². The number of nitrogens with zero attached hydrogens (tertiary/aromatic N) is 2. The van der Waals surface area contributed by atoms with E-state index in [4.69, 9.17) is 0 Å². The predicted octanol–water partition coefficient (Wildman–Crippen LogP) is 8.34. The zero-order valence-electron chi connectivity index (χ0n) is 21.2. The third-order valence-electron chi connectivity index (χ3n) is 6.27. The van der Waals surface area contributed by atoms with Gasteiger partial charge in [-0.15, -0.1) is 0 Å². The molecule has 0 fully saturated rings. The van der Waals surface area contributed by atoms with Crippen LogP contribution in [0.2, 0.25) is 0 Å². The average Bonchev–Trinajstić information content (AvgIpc) is 2.95. The van der Waals surface area contributed by atoms with E-state index in [1.165, 1.54) is 36.4 Å². The standard InChI is InChI=1S/C30H22I2N2O6S/c31-25-15-9-23(10-16-25)29(19-13-21-5-1-3-7-27(21)33(35)36)41(39,40)30(24-11-17-26(32)18-12-24)20-14-22-6-2-4-8-28(22)34(37)38/h1-20,29-30H/b19-13+,20-14+. The van der Waals surface area contributed by atoms with Gasteiger partial charge in [-0.1, -0.05) is 72.8 Å². The van der Waals surface area contributed by atoms with Crippen molar-refractivity contribution in [2.45, 2.75) is 10.5 Å². The molecule has 41 heavy (non-hydrogen) atoms. The minimum atomic E-state index is -4.12. The van der Waals surface area contributed by atoms with Gasteiger partial charge in [0.05, 0.1) is 21.0 Å². The van der Waals surface area contributed by atoms with Gasteiger partial charge in [0.15, 0.2) is 9.84 Å². The minimum Gasteiger partial charge on any atom is -0.258 e. The van der Waals surface area contributed by atoms with Crippen molar-refractivity contribution >= 4 is 78.5 Å². The van der Waals surface area contributed by atoms with Gasteiger partial charge in [-0.05, 0) is 92.7 Å². The molecule has 0 spiro atoms. The zero-order chi connectivity index (χ0) is 29.6. The second-order valence-corrected chi connectivity index (χ2v) is 13.6. The second-order valence-electron chi connectivity index (χ2n) is 8.88. The van der Waals surface area contributed by atoms with Crippen LogP contribution in [0, 0.1) is 27.4 Å². The first-order chi connectivity index (χ1) is 19.6. The lowest BCUT2D eigenvalue weighted by molar-refractivity contribution is -0.385. The van der Waals surface area contributed by atoms with Crippen LogP contribution in [0.25, 0.3) is 12.2 Å². The molecule has 2 atom stereocenters. The Morgan fingerprint density at radius 1 is 0.585 bits per heavy atom. The number of nitro groups is 2. The van der Waals surface area contributed by atoms with Gasteiger partial charge in [-0.2, -0.15) is 0 Å².